The molecule has 1 fully saturated rings. The molecule has 128 valence electrons. The summed E-state index contributed by atoms with van der Waals surface area (Å²) in [6.07, 6.45) is 6.80. The second kappa shape index (κ2) is 7.12. The van der Waals surface area contributed by atoms with Gasteiger partial charge in [-0.15, -0.1) is 5.10 Å². The second-order valence-corrected chi connectivity index (χ2v) is 6.49. The molecular weight excluding hydrogens is 330 g/mol. The topological polar surface area (TPSA) is 88.8 Å². The van der Waals surface area contributed by atoms with Gasteiger partial charge in [0.1, 0.15) is 0 Å². The Morgan fingerprint density at radius 3 is 2.75 bits per heavy atom. The van der Waals surface area contributed by atoms with Crippen LogP contribution in [0.3, 0.4) is 0 Å². The first-order chi connectivity index (χ1) is 11.5. The average molecular weight is 350 g/mol. The summed E-state index contributed by atoms with van der Waals surface area (Å²) in [5.41, 5.74) is 0.821. The number of aromatic nitrogens is 5. The molecule has 0 spiro atoms. The largest absolute Gasteiger partial charge is 0.351 e. The fraction of sp³-hybridized carbons (Fsp3) is 0.533. The van der Waals surface area contributed by atoms with Crippen LogP contribution < -0.4 is 5.32 Å². The standard InChI is InChI=1S/C15H20ClN7O/c1-10-5-12(20-15-17-7-11(16)8-18-15)3-4-23(10)14(24)6-13-9-19-21-22(13)2/h7-10,12H,3-6H2,1-2H3,(H,17,18,20). The molecular formula is C15H20ClN7O. The van der Waals surface area contributed by atoms with E-state index in [1.165, 1.54) is 0 Å². The van der Waals surface area contributed by atoms with Crippen LogP contribution in [0.5, 0.6) is 0 Å². The van der Waals surface area contributed by atoms with Crippen molar-refractivity contribution in [3.8, 4) is 0 Å². The van der Waals surface area contributed by atoms with Crippen LogP contribution in [-0.2, 0) is 18.3 Å². The van der Waals surface area contributed by atoms with Crippen LogP contribution in [0, 0.1) is 0 Å². The normalized spacial score (nSPS) is 20.9. The SMILES string of the molecule is CC1CC(Nc2ncc(Cl)cn2)CCN1C(=O)Cc1cnnn1C. The highest BCUT2D eigenvalue weighted by Gasteiger charge is 2.29. The third-order valence-electron chi connectivity index (χ3n) is 4.29. The van der Waals surface area contributed by atoms with E-state index in [4.69, 9.17) is 11.6 Å². The van der Waals surface area contributed by atoms with Crippen molar-refractivity contribution in [2.45, 2.75) is 38.3 Å². The molecule has 0 radical (unpaired) electrons. The summed E-state index contributed by atoms with van der Waals surface area (Å²) >= 11 is 5.79. The van der Waals surface area contributed by atoms with Gasteiger partial charge in [0.2, 0.25) is 11.9 Å². The summed E-state index contributed by atoms with van der Waals surface area (Å²) < 4.78 is 1.63. The average Bonchev–Trinajstić information content (AvgIpc) is 2.95. The molecule has 9 heteroatoms. The molecule has 1 amide bonds. The number of piperidine rings is 1. The minimum atomic E-state index is 0.106. The molecule has 1 saturated heterocycles. The number of carbonyl (C=O) groups excluding carboxylic acids is 1. The number of hydrogen-bond acceptors (Lipinski definition) is 6. The van der Waals surface area contributed by atoms with Crippen molar-refractivity contribution in [3.05, 3.63) is 29.3 Å². The number of carbonyl (C=O) groups is 1. The number of amides is 1. The number of nitrogens with one attached hydrogen (secondary N) is 1. The number of likely N-dealkylation sites (tertiary alicyclic amines) is 1. The van der Waals surface area contributed by atoms with E-state index >= 15 is 0 Å². The molecule has 2 aromatic heterocycles. The Hall–Kier alpha value is -2.22. The van der Waals surface area contributed by atoms with Gasteiger partial charge >= 0.3 is 0 Å². The van der Waals surface area contributed by atoms with Crippen LogP contribution in [0.4, 0.5) is 5.95 Å². The minimum absolute atomic E-state index is 0.106. The first-order valence-corrected chi connectivity index (χ1v) is 8.28. The Morgan fingerprint density at radius 1 is 1.38 bits per heavy atom. The Kier molecular flexibility index (Phi) is 4.94. The number of hydrogen-bond donors (Lipinski definition) is 1. The fourth-order valence-corrected chi connectivity index (χ4v) is 3.07. The quantitative estimate of drug-likeness (QED) is 0.894. The van der Waals surface area contributed by atoms with E-state index in [1.807, 2.05) is 4.90 Å². The lowest BCUT2D eigenvalue weighted by atomic mass is 9.98. The molecule has 0 bridgehead atoms. The van der Waals surface area contributed by atoms with Crippen LogP contribution in [0.25, 0.3) is 0 Å². The number of nitrogens with zero attached hydrogens (tertiary/aromatic N) is 6. The van der Waals surface area contributed by atoms with Gasteiger partial charge in [-0.3, -0.25) is 9.48 Å². The van der Waals surface area contributed by atoms with Crippen molar-refractivity contribution in [2.75, 3.05) is 11.9 Å². The summed E-state index contributed by atoms with van der Waals surface area (Å²) in [5.74, 6) is 0.673. The van der Waals surface area contributed by atoms with Gasteiger partial charge < -0.3 is 10.2 Å². The summed E-state index contributed by atoms with van der Waals surface area (Å²) in [7, 11) is 1.79. The fourth-order valence-electron chi connectivity index (χ4n) is 2.97. The molecule has 2 unspecified atom stereocenters. The minimum Gasteiger partial charge on any atom is -0.351 e. The predicted molar refractivity (Wildman–Crippen MR) is 89.6 cm³/mol. The maximum atomic E-state index is 12.5. The molecule has 0 saturated carbocycles. The van der Waals surface area contributed by atoms with Gasteiger partial charge in [-0.25, -0.2) is 9.97 Å². The summed E-state index contributed by atoms with van der Waals surface area (Å²) in [4.78, 5) is 22.8. The highest BCUT2D eigenvalue weighted by atomic mass is 35.5. The molecule has 3 heterocycles. The lowest BCUT2D eigenvalue weighted by Gasteiger charge is -2.38. The third-order valence-corrected chi connectivity index (χ3v) is 4.49. The van der Waals surface area contributed by atoms with Crippen molar-refractivity contribution in [1.29, 1.82) is 0 Å². The maximum Gasteiger partial charge on any atom is 0.228 e. The summed E-state index contributed by atoms with van der Waals surface area (Å²) in [6.45, 7) is 2.77. The lowest BCUT2D eigenvalue weighted by Crippen LogP contribution is -2.48. The molecule has 2 atom stereocenters. The van der Waals surface area contributed by atoms with E-state index in [0.717, 1.165) is 18.5 Å². The molecule has 8 nitrogen and oxygen atoms in total. The van der Waals surface area contributed by atoms with E-state index in [1.54, 1.807) is 30.3 Å². The Morgan fingerprint density at radius 2 is 2.12 bits per heavy atom. The van der Waals surface area contributed by atoms with E-state index in [0.29, 0.717) is 23.9 Å². The predicted octanol–water partition coefficient (Wildman–Crippen LogP) is 1.29. The molecule has 3 rings (SSSR count). The number of aryl methyl sites for hydroxylation is 1. The Labute approximate surface area is 145 Å². The smallest absolute Gasteiger partial charge is 0.228 e. The zero-order valence-corrected chi connectivity index (χ0v) is 14.4. The van der Waals surface area contributed by atoms with Crippen molar-refractivity contribution >= 4 is 23.5 Å². The first-order valence-electron chi connectivity index (χ1n) is 7.90. The Balaban J connectivity index is 1.55. The van der Waals surface area contributed by atoms with Crippen LogP contribution in [0.15, 0.2) is 18.6 Å². The van der Waals surface area contributed by atoms with E-state index in [9.17, 15) is 4.79 Å². The van der Waals surface area contributed by atoms with E-state index < -0.39 is 0 Å². The van der Waals surface area contributed by atoms with E-state index in [2.05, 4.69) is 32.5 Å². The highest BCUT2D eigenvalue weighted by Crippen LogP contribution is 2.21. The number of anilines is 1. The van der Waals surface area contributed by atoms with Crippen molar-refractivity contribution in [2.24, 2.45) is 7.05 Å². The zero-order chi connectivity index (χ0) is 17.1. The molecule has 0 aromatic carbocycles. The number of rotatable bonds is 4. The van der Waals surface area contributed by atoms with Crippen molar-refractivity contribution < 1.29 is 4.79 Å². The Bertz CT molecular complexity index is 702. The maximum absolute atomic E-state index is 12.5. The number of halogens is 1. The lowest BCUT2D eigenvalue weighted by molar-refractivity contribution is -0.133. The van der Waals surface area contributed by atoms with Gasteiger partial charge in [-0.2, -0.15) is 0 Å². The molecule has 1 aliphatic heterocycles. The van der Waals surface area contributed by atoms with Crippen LogP contribution in [-0.4, -0.2) is 54.4 Å². The van der Waals surface area contributed by atoms with Crippen LogP contribution >= 0.6 is 11.6 Å². The zero-order valence-electron chi connectivity index (χ0n) is 13.7. The second-order valence-electron chi connectivity index (χ2n) is 6.05. The van der Waals surface area contributed by atoms with Gasteiger partial charge in [0, 0.05) is 25.7 Å². The molecule has 24 heavy (non-hydrogen) atoms. The van der Waals surface area contributed by atoms with Gasteiger partial charge in [0.05, 0.1) is 35.7 Å². The highest BCUT2D eigenvalue weighted by molar-refractivity contribution is 6.30. The first kappa shape index (κ1) is 16.6. The van der Waals surface area contributed by atoms with Crippen molar-refractivity contribution in [3.63, 3.8) is 0 Å². The van der Waals surface area contributed by atoms with Crippen molar-refractivity contribution in [1.82, 2.24) is 29.9 Å². The molecule has 0 aliphatic carbocycles. The third kappa shape index (κ3) is 3.81. The summed E-state index contributed by atoms with van der Waals surface area (Å²) in [6, 6.07) is 0.390. The van der Waals surface area contributed by atoms with Crippen LogP contribution in [0.2, 0.25) is 5.02 Å². The van der Waals surface area contributed by atoms with Gasteiger partial charge in [0.15, 0.2) is 0 Å². The van der Waals surface area contributed by atoms with Gasteiger partial charge in [-0.1, -0.05) is 16.8 Å². The van der Waals surface area contributed by atoms with E-state index in [-0.39, 0.29) is 18.0 Å². The molecule has 1 aliphatic rings. The van der Waals surface area contributed by atoms with Gasteiger partial charge in [0.25, 0.3) is 0 Å². The van der Waals surface area contributed by atoms with Gasteiger partial charge in [-0.05, 0) is 19.8 Å². The van der Waals surface area contributed by atoms with Crippen LogP contribution in [0.1, 0.15) is 25.5 Å². The molecule has 2 aromatic rings. The molecule has 1 N–H and O–H groups in total. The monoisotopic (exact) mass is 349 g/mol. The summed E-state index contributed by atoms with van der Waals surface area (Å²) in [5, 5.41) is 11.5.